The Morgan fingerprint density at radius 3 is 2.36 bits per heavy atom. The second-order valence-electron chi connectivity index (χ2n) is 9.83. The largest absolute Gasteiger partial charge is 0.481 e. The maximum absolute atomic E-state index is 12.8. The summed E-state index contributed by atoms with van der Waals surface area (Å²) < 4.78 is 11.2. The van der Waals surface area contributed by atoms with Crippen LogP contribution in [0.25, 0.3) is 33.5 Å². The lowest BCUT2D eigenvalue weighted by Gasteiger charge is -2.15. The van der Waals surface area contributed by atoms with Gasteiger partial charge in [0.1, 0.15) is 17.5 Å². The van der Waals surface area contributed by atoms with Gasteiger partial charge in [-0.15, -0.1) is 0 Å². The Morgan fingerprint density at radius 2 is 1.69 bits per heavy atom. The summed E-state index contributed by atoms with van der Waals surface area (Å²) in [6.07, 6.45) is 1.80. The number of imidazole rings is 1. The topological polar surface area (TPSA) is 130 Å². The molecule has 1 fully saturated rings. The van der Waals surface area contributed by atoms with Gasteiger partial charge < -0.3 is 19.4 Å². The average Bonchev–Trinajstić information content (AvgIpc) is 3.49. The Kier molecular flexibility index (Phi) is 5.91. The molecule has 9 nitrogen and oxygen atoms in total. The number of nitrogens with one attached hydrogen (secondary N) is 2. The van der Waals surface area contributed by atoms with E-state index >= 15 is 0 Å². The van der Waals surface area contributed by atoms with Gasteiger partial charge in [-0.05, 0) is 49.4 Å². The Morgan fingerprint density at radius 1 is 1.03 bits per heavy atom. The molecular formula is C30H26N4O5. The first-order valence-electron chi connectivity index (χ1n) is 12.7. The molecule has 196 valence electrons. The maximum atomic E-state index is 12.8. The van der Waals surface area contributed by atoms with E-state index in [4.69, 9.17) is 9.26 Å². The zero-order chi connectivity index (χ0) is 27.1. The summed E-state index contributed by atoms with van der Waals surface area (Å²) in [5, 5.41) is 16.4. The number of ether oxygens (including phenoxy) is 1. The van der Waals surface area contributed by atoms with E-state index < -0.39 is 23.6 Å². The number of benzene rings is 3. The molecule has 39 heavy (non-hydrogen) atoms. The van der Waals surface area contributed by atoms with Gasteiger partial charge in [0.2, 0.25) is 0 Å². The lowest BCUT2D eigenvalue weighted by molar-refractivity contribution is -0.140. The van der Waals surface area contributed by atoms with E-state index in [1.54, 1.807) is 20.2 Å². The van der Waals surface area contributed by atoms with Crippen LogP contribution < -0.4 is 5.32 Å². The van der Waals surface area contributed by atoms with Crippen molar-refractivity contribution >= 4 is 28.8 Å². The SMILES string of the molecule is Cc1noc(-c2ccc(-c3ccc(C4(C(=O)O)CC4)cc3)cc2)c1NC(=O)OC(C)c1cccc2[nH]cnc12. The third-order valence-corrected chi connectivity index (χ3v) is 7.37. The van der Waals surface area contributed by atoms with Gasteiger partial charge in [0.05, 0.1) is 22.8 Å². The Bertz CT molecular complexity index is 1680. The summed E-state index contributed by atoms with van der Waals surface area (Å²) in [6.45, 7) is 3.54. The van der Waals surface area contributed by atoms with Crippen LogP contribution in [0.1, 0.15) is 42.7 Å². The fourth-order valence-corrected chi connectivity index (χ4v) is 4.93. The third-order valence-electron chi connectivity index (χ3n) is 7.37. The molecule has 1 atom stereocenters. The minimum Gasteiger partial charge on any atom is -0.481 e. The third kappa shape index (κ3) is 4.41. The maximum Gasteiger partial charge on any atom is 0.412 e. The number of carbonyl (C=O) groups excluding carboxylic acids is 1. The first-order chi connectivity index (χ1) is 18.9. The van der Waals surface area contributed by atoms with Crippen molar-refractivity contribution in [3.8, 4) is 22.5 Å². The molecule has 2 aromatic heterocycles. The van der Waals surface area contributed by atoms with Crippen LogP contribution in [0.5, 0.6) is 0 Å². The minimum absolute atomic E-state index is 0.422. The molecule has 0 radical (unpaired) electrons. The number of rotatable bonds is 7. The van der Waals surface area contributed by atoms with E-state index in [9.17, 15) is 14.7 Å². The van der Waals surface area contributed by atoms with Crippen molar-refractivity contribution in [2.45, 2.75) is 38.2 Å². The number of hydrogen-bond donors (Lipinski definition) is 3. The van der Waals surface area contributed by atoms with E-state index in [1.165, 1.54) is 0 Å². The Balaban J connectivity index is 1.17. The quantitative estimate of drug-likeness (QED) is 0.219. The number of nitrogens with zero attached hydrogens (tertiary/aromatic N) is 2. The molecule has 9 heteroatoms. The van der Waals surface area contributed by atoms with Gasteiger partial charge in [-0.2, -0.15) is 0 Å². The minimum atomic E-state index is -0.764. The van der Waals surface area contributed by atoms with E-state index in [2.05, 4.69) is 20.4 Å². The molecule has 1 saturated carbocycles. The standard InChI is InChI=1S/C30H26N4O5/c1-17-25(33-29(37)38-18(2)23-4-3-5-24-26(23)32-16-31-24)27(39-34-17)21-8-6-19(7-9-21)20-10-12-22(13-11-20)30(14-15-30)28(35)36/h3-13,16,18H,14-15H2,1-2H3,(H,31,32)(H,33,37)(H,35,36). The summed E-state index contributed by atoms with van der Waals surface area (Å²) in [7, 11) is 0. The van der Waals surface area contributed by atoms with Crippen molar-refractivity contribution in [2.75, 3.05) is 5.32 Å². The zero-order valence-corrected chi connectivity index (χ0v) is 21.4. The van der Waals surface area contributed by atoms with E-state index in [-0.39, 0.29) is 0 Å². The lowest BCUT2D eigenvalue weighted by Crippen LogP contribution is -2.19. The predicted molar refractivity (Wildman–Crippen MR) is 145 cm³/mol. The second kappa shape index (κ2) is 9.43. The molecule has 3 aromatic carbocycles. The molecule has 1 aliphatic carbocycles. The fourth-order valence-electron chi connectivity index (χ4n) is 4.93. The van der Waals surface area contributed by atoms with Gasteiger partial charge >= 0.3 is 12.1 Å². The van der Waals surface area contributed by atoms with Gasteiger partial charge in [0, 0.05) is 11.1 Å². The lowest BCUT2D eigenvalue weighted by atomic mass is 9.93. The molecule has 1 unspecified atom stereocenters. The number of aliphatic carboxylic acids is 1. The molecule has 0 spiro atoms. The first-order valence-corrected chi connectivity index (χ1v) is 12.7. The van der Waals surface area contributed by atoms with Crippen molar-refractivity contribution in [2.24, 2.45) is 0 Å². The summed E-state index contributed by atoms with van der Waals surface area (Å²) in [4.78, 5) is 31.8. The number of para-hydroxylation sites is 1. The summed E-state index contributed by atoms with van der Waals surface area (Å²) in [6, 6.07) is 21.0. The number of H-pyrrole nitrogens is 1. The molecular weight excluding hydrogens is 496 g/mol. The predicted octanol–water partition coefficient (Wildman–Crippen LogP) is 6.62. The van der Waals surface area contributed by atoms with E-state index in [0.29, 0.717) is 30.0 Å². The molecule has 3 N–H and O–H groups in total. The van der Waals surface area contributed by atoms with Gasteiger partial charge in [-0.1, -0.05) is 65.8 Å². The number of aryl methyl sites for hydroxylation is 1. The Hall–Kier alpha value is -4.92. The van der Waals surface area contributed by atoms with Crippen LogP contribution in [0, 0.1) is 6.92 Å². The summed E-state index contributed by atoms with van der Waals surface area (Å²) in [5.74, 6) is -0.342. The second-order valence-corrected chi connectivity index (χ2v) is 9.83. The normalized spacial score (nSPS) is 14.6. The molecule has 1 aliphatic rings. The van der Waals surface area contributed by atoms with Gasteiger partial charge in [0.25, 0.3) is 0 Å². The molecule has 0 bridgehead atoms. The van der Waals surface area contributed by atoms with Crippen LogP contribution in [-0.2, 0) is 14.9 Å². The van der Waals surface area contributed by atoms with E-state index in [0.717, 1.165) is 38.9 Å². The number of carboxylic acids is 1. The van der Waals surface area contributed by atoms with Crippen LogP contribution >= 0.6 is 0 Å². The molecule has 2 heterocycles. The summed E-state index contributed by atoms with van der Waals surface area (Å²) >= 11 is 0. The van der Waals surface area contributed by atoms with Crippen molar-refractivity contribution < 1.29 is 24.0 Å². The highest BCUT2D eigenvalue weighted by atomic mass is 16.6. The van der Waals surface area contributed by atoms with Gasteiger partial charge in [-0.25, -0.2) is 9.78 Å². The highest BCUT2D eigenvalue weighted by molar-refractivity contribution is 5.91. The number of anilines is 1. The monoisotopic (exact) mass is 522 g/mol. The van der Waals surface area contributed by atoms with Crippen molar-refractivity contribution in [1.29, 1.82) is 0 Å². The highest BCUT2D eigenvalue weighted by Gasteiger charge is 2.51. The molecule has 5 aromatic rings. The number of aromatic amines is 1. The van der Waals surface area contributed by atoms with Crippen molar-refractivity contribution in [3.05, 3.63) is 89.9 Å². The number of carboxylic acid groups (broad SMARTS) is 1. The van der Waals surface area contributed by atoms with Crippen molar-refractivity contribution in [1.82, 2.24) is 15.1 Å². The van der Waals surface area contributed by atoms with Gasteiger partial charge in [-0.3, -0.25) is 10.1 Å². The first kappa shape index (κ1) is 24.4. The zero-order valence-electron chi connectivity index (χ0n) is 21.4. The van der Waals surface area contributed by atoms with Crippen LogP contribution in [-0.4, -0.2) is 32.3 Å². The number of hydrogen-bond acceptors (Lipinski definition) is 6. The summed E-state index contributed by atoms with van der Waals surface area (Å²) in [5.41, 5.74) is 6.18. The van der Waals surface area contributed by atoms with Crippen LogP contribution in [0.4, 0.5) is 10.5 Å². The molecule has 0 saturated heterocycles. The van der Waals surface area contributed by atoms with Crippen LogP contribution in [0.2, 0.25) is 0 Å². The Labute approximate surface area is 223 Å². The number of amides is 1. The van der Waals surface area contributed by atoms with E-state index in [1.807, 2.05) is 66.7 Å². The fraction of sp³-hybridized carbons (Fsp3) is 0.200. The highest BCUT2D eigenvalue weighted by Crippen LogP contribution is 2.48. The molecule has 6 rings (SSSR count). The molecule has 0 aliphatic heterocycles. The number of fused-ring (bicyclic) bond motifs is 1. The number of carbonyl (C=O) groups is 2. The van der Waals surface area contributed by atoms with Crippen LogP contribution in [0.3, 0.4) is 0 Å². The number of aromatic nitrogens is 3. The smallest absolute Gasteiger partial charge is 0.412 e. The average molecular weight is 523 g/mol. The van der Waals surface area contributed by atoms with Crippen LogP contribution in [0.15, 0.2) is 77.6 Å². The van der Waals surface area contributed by atoms with Crippen molar-refractivity contribution in [3.63, 3.8) is 0 Å². The molecule has 1 amide bonds. The van der Waals surface area contributed by atoms with Gasteiger partial charge in [0.15, 0.2) is 5.76 Å².